The highest BCUT2D eigenvalue weighted by Crippen LogP contribution is 2.28. The Morgan fingerprint density at radius 2 is 1.85 bits per heavy atom. The topological polar surface area (TPSA) is 83.7 Å². The molecule has 1 saturated heterocycles. The van der Waals surface area contributed by atoms with E-state index in [4.69, 9.17) is 9.26 Å². The van der Waals surface area contributed by atoms with Crippen LogP contribution in [0.25, 0.3) is 11.1 Å². The number of rotatable bonds is 8. The number of anilines is 2. The lowest BCUT2D eigenvalue weighted by Gasteiger charge is -2.32. The molecule has 5 rings (SSSR count). The Morgan fingerprint density at radius 1 is 1.10 bits per heavy atom. The van der Waals surface area contributed by atoms with Crippen LogP contribution in [0.5, 0.6) is 5.88 Å². The molecule has 2 aromatic carbocycles. The maximum atomic E-state index is 14.2. The Labute approximate surface area is 233 Å². The van der Waals surface area contributed by atoms with Crippen LogP contribution in [0.2, 0.25) is 0 Å². The number of carbonyl (C=O) groups excluding carboxylic acids is 1. The fourth-order valence-electron chi connectivity index (χ4n) is 4.97. The molecule has 8 nitrogen and oxygen atoms in total. The van der Waals surface area contributed by atoms with E-state index in [1.165, 1.54) is 12.1 Å². The van der Waals surface area contributed by atoms with Crippen molar-refractivity contribution in [2.45, 2.75) is 39.3 Å². The van der Waals surface area contributed by atoms with Gasteiger partial charge in [-0.05, 0) is 55.8 Å². The fourth-order valence-corrected chi connectivity index (χ4v) is 4.97. The number of nitrogens with zero attached hydrogens (tertiary/aromatic N) is 4. The summed E-state index contributed by atoms with van der Waals surface area (Å²) in [6.07, 6.45) is 3.03. The minimum Gasteiger partial charge on any atom is -0.474 e. The molecule has 0 spiro atoms. The van der Waals surface area contributed by atoms with E-state index < -0.39 is 5.82 Å². The van der Waals surface area contributed by atoms with E-state index >= 15 is 0 Å². The Kier molecular flexibility index (Phi) is 8.00. The number of ether oxygens (including phenoxy) is 1. The van der Waals surface area contributed by atoms with Crippen molar-refractivity contribution in [1.29, 1.82) is 0 Å². The number of likely N-dealkylation sites (tertiary alicyclic amines) is 1. The number of hydrogen-bond acceptors (Lipinski definition) is 7. The molecule has 0 saturated carbocycles. The lowest BCUT2D eigenvalue weighted by molar-refractivity contribution is 0.0588. The summed E-state index contributed by atoms with van der Waals surface area (Å²) < 4.78 is 25.6. The van der Waals surface area contributed by atoms with E-state index in [1.54, 1.807) is 17.2 Å². The Bertz CT molecular complexity index is 1440. The second kappa shape index (κ2) is 11.8. The maximum Gasteiger partial charge on any atom is 0.256 e. The molecule has 0 aliphatic carbocycles. The number of aromatic nitrogens is 2. The molecular formula is C31H34FN5O3. The van der Waals surface area contributed by atoms with Gasteiger partial charge in [0.15, 0.2) is 0 Å². The highest BCUT2D eigenvalue weighted by atomic mass is 19.1. The summed E-state index contributed by atoms with van der Waals surface area (Å²) in [5.74, 6) is 0.662. The van der Waals surface area contributed by atoms with Crippen molar-refractivity contribution in [3.63, 3.8) is 0 Å². The Balaban J connectivity index is 1.18. The third-order valence-electron chi connectivity index (χ3n) is 7.22. The van der Waals surface area contributed by atoms with Crippen LogP contribution in [0.15, 0.2) is 65.3 Å². The van der Waals surface area contributed by atoms with Gasteiger partial charge in [0.05, 0.1) is 11.3 Å². The zero-order valence-corrected chi connectivity index (χ0v) is 23.3. The Hall–Kier alpha value is -4.40. The summed E-state index contributed by atoms with van der Waals surface area (Å²) in [5.41, 5.74) is 5.82. The summed E-state index contributed by atoms with van der Waals surface area (Å²) in [6.45, 7) is 5.34. The SMILES string of the molecule is Cc1noc(C)c1-c1ccc(OC2CCN(C(=O)c3cc(F)ccc3NCc3ccc(N(C)C)cc3)CC2)nc1. The predicted molar refractivity (Wildman–Crippen MR) is 153 cm³/mol. The number of amides is 1. The molecule has 2 aromatic heterocycles. The number of hydrogen-bond donors (Lipinski definition) is 1. The smallest absolute Gasteiger partial charge is 0.256 e. The number of nitrogens with one attached hydrogen (secondary N) is 1. The number of halogens is 1. The van der Waals surface area contributed by atoms with Crippen molar-refractivity contribution in [3.8, 4) is 17.0 Å². The zero-order valence-electron chi connectivity index (χ0n) is 23.3. The van der Waals surface area contributed by atoms with E-state index in [1.807, 2.05) is 69.2 Å². The predicted octanol–water partition coefficient (Wildman–Crippen LogP) is 5.85. The number of piperidine rings is 1. The van der Waals surface area contributed by atoms with Crippen molar-refractivity contribution in [2.75, 3.05) is 37.4 Å². The van der Waals surface area contributed by atoms with Crippen LogP contribution in [-0.2, 0) is 6.54 Å². The van der Waals surface area contributed by atoms with Gasteiger partial charge < -0.3 is 24.4 Å². The molecule has 4 aromatic rings. The third kappa shape index (κ3) is 6.09. The van der Waals surface area contributed by atoms with Gasteiger partial charge in [0.1, 0.15) is 17.7 Å². The van der Waals surface area contributed by atoms with Crippen molar-refractivity contribution in [1.82, 2.24) is 15.0 Å². The fraction of sp³-hybridized carbons (Fsp3) is 0.323. The van der Waals surface area contributed by atoms with E-state index in [0.717, 1.165) is 33.8 Å². The molecule has 40 heavy (non-hydrogen) atoms. The van der Waals surface area contributed by atoms with E-state index in [0.29, 0.717) is 49.6 Å². The van der Waals surface area contributed by atoms with Crippen molar-refractivity contribution < 1.29 is 18.4 Å². The van der Waals surface area contributed by atoms with Gasteiger partial charge in [-0.2, -0.15) is 0 Å². The first-order valence-electron chi connectivity index (χ1n) is 13.4. The number of carbonyl (C=O) groups is 1. The lowest BCUT2D eigenvalue weighted by Crippen LogP contribution is -2.42. The summed E-state index contributed by atoms with van der Waals surface area (Å²) in [6, 6.07) is 16.3. The van der Waals surface area contributed by atoms with Crippen molar-refractivity contribution >= 4 is 17.3 Å². The molecule has 9 heteroatoms. The van der Waals surface area contributed by atoms with Gasteiger partial charge in [-0.15, -0.1) is 0 Å². The van der Waals surface area contributed by atoms with Crippen LogP contribution < -0.4 is 15.0 Å². The lowest BCUT2D eigenvalue weighted by atomic mass is 10.0. The summed E-state index contributed by atoms with van der Waals surface area (Å²) in [4.78, 5) is 21.7. The molecule has 0 unspecified atom stereocenters. The summed E-state index contributed by atoms with van der Waals surface area (Å²) in [5, 5.41) is 7.32. The number of benzene rings is 2. The summed E-state index contributed by atoms with van der Waals surface area (Å²) >= 11 is 0. The first kappa shape index (κ1) is 27.2. The van der Waals surface area contributed by atoms with Gasteiger partial charge in [-0.25, -0.2) is 9.37 Å². The second-order valence-electron chi connectivity index (χ2n) is 10.3. The van der Waals surface area contributed by atoms with Crippen LogP contribution in [0.1, 0.15) is 40.2 Å². The minimum absolute atomic E-state index is 0.0586. The van der Waals surface area contributed by atoms with E-state index in [-0.39, 0.29) is 12.0 Å². The Morgan fingerprint density at radius 3 is 2.48 bits per heavy atom. The molecule has 0 atom stereocenters. The van der Waals surface area contributed by atoms with Crippen molar-refractivity contribution in [3.05, 3.63) is 89.2 Å². The zero-order chi connectivity index (χ0) is 28.2. The molecule has 1 fully saturated rings. The number of pyridine rings is 1. The number of aryl methyl sites for hydroxylation is 2. The summed E-state index contributed by atoms with van der Waals surface area (Å²) in [7, 11) is 3.99. The third-order valence-corrected chi connectivity index (χ3v) is 7.22. The molecule has 1 aliphatic heterocycles. The maximum absolute atomic E-state index is 14.2. The van der Waals surface area contributed by atoms with Gasteiger partial charge in [0.25, 0.3) is 5.91 Å². The first-order chi connectivity index (χ1) is 19.3. The molecule has 0 radical (unpaired) electrons. The second-order valence-corrected chi connectivity index (χ2v) is 10.3. The standard InChI is InChI=1S/C31H34FN5O3/c1-20-30(21(2)40-35-20)23-7-12-29(34-19-23)39-26-13-15-37(16-14-26)31(38)27-17-24(32)8-11-28(27)33-18-22-5-9-25(10-6-22)36(3)4/h5-12,17,19,26,33H,13-16,18H2,1-4H3. The van der Waals surface area contributed by atoms with Crippen LogP contribution >= 0.6 is 0 Å². The normalized spacial score (nSPS) is 13.8. The van der Waals surface area contributed by atoms with Crippen LogP contribution in [-0.4, -0.2) is 54.2 Å². The van der Waals surface area contributed by atoms with Gasteiger partial charge in [-0.1, -0.05) is 17.3 Å². The highest BCUT2D eigenvalue weighted by molar-refractivity contribution is 5.99. The average molecular weight is 544 g/mol. The first-order valence-corrected chi connectivity index (χ1v) is 13.4. The largest absolute Gasteiger partial charge is 0.474 e. The average Bonchev–Trinajstić information content (AvgIpc) is 3.30. The van der Waals surface area contributed by atoms with Crippen LogP contribution in [0, 0.1) is 19.7 Å². The van der Waals surface area contributed by atoms with E-state index in [2.05, 4.69) is 15.5 Å². The van der Waals surface area contributed by atoms with Crippen molar-refractivity contribution in [2.24, 2.45) is 0 Å². The molecular weight excluding hydrogens is 509 g/mol. The molecule has 3 heterocycles. The quantitative estimate of drug-likeness (QED) is 0.298. The van der Waals surface area contributed by atoms with Gasteiger partial charge in [0, 0.05) is 81.3 Å². The van der Waals surface area contributed by atoms with Gasteiger partial charge >= 0.3 is 0 Å². The van der Waals surface area contributed by atoms with Gasteiger partial charge in [-0.3, -0.25) is 4.79 Å². The van der Waals surface area contributed by atoms with Crippen LogP contribution in [0.3, 0.4) is 0 Å². The molecule has 1 aliphatic rings. The van der Waals surface area contributed by atoms with Crippen LogP contribution in [0.4, 0.5) is 15.8 Å². The highest BCUT2D eigenvalue weighted by Gasteiger charge is 2.27. The monoisotopic (exact) mass is 543 g/mol. The molecule has 208 valence electrons. The van der Waals surface area contributed by atoms with Gasteiger partial charge in [0.2, 0.25) is 5.88 Å². The van der Waals surface area contributed by atoms with E-state index in [9.17, 15) is 9.18 Å². The minimum atomic E-state index is -0.437. The molecule has 1 amide bonds. The molecule has 0 bridgehead atoms. The molecule has 1 N–H and O–H groups in total.